The number of tetrazole rings is 1. The van der Waals surface area contributed by atoms with Crippen molar-refractivity contribution in [3.63, 3.8) is 0 Å². The van der Waals surface area contributed by atoms with E-state index in [0.717, 1.165) is 16.9 Å². The summed E-state index contributed by atoms with van der Waals surface area (Å²) in [5.41, 5.74) is 3.74. The first-order chi connectivity index (χ1) is 17.0. The van der Waals surface area contributed by atoms with E-state index in [1.807, 2.05) is 23.8 Å². The number of carbonyl (C=O) groups excluding carboxylic acids is 1. The molecule has 0 bridgehead atoms. The van der Waals surface area contributed by atoms with Gasteiger partial charge in [0.25, 0.3) is 5.91 Å². The Balaban J connectivity index is 1.44. The van der Waals surface area contributed by atoms with E-state index in [4.69, 9.17) is 4.74 Å². The number of nitrogens with zero attached hydrogens (tertiary/aromatic N) is 7. The van der Waals surface area contributed by atoms with Gasteiger partial charge in [-0.05, 0) is 66.9 Å². The first kappa shape index (κ1) is 22.7. The third-order valence-corrected chi connectivity index (χ3v) is 6.03. The molecule has 3 heterocycles. The molecule has 0 saturated heterocycles. The summed E-state index contributed by atoms with van der Waals surface area (Å²) >= 11 is 0. The predicted octanol–water partition coefficient (Wildman–Crippen LogP) is 2.92. The number of imidazole rings is 1. The van der Waals surface area contributed by atoms with Crippen LogP contribution in [-0.4, -0.2) is 59.5 Å². The molecule has 11 nitrogen and oxygen atoms in total. The third kappa shape index (κ3) is 4.50. The first-order valence-electron chi connectivity index (χ1n) is 11.4. The molecule has 0 radical (unpaired) electrons. The number of hydrogen-bond donors (Lipinski definition) is 2. The zero-order valence-corrected chi connectivity index (χ0v) is 19.7. The van der Waals surface area contributed by atoms with Gasteiger partial charge in [0.2, 0.25) is 5.82 Å². The lowest BCUT2D eigenvalue weighted by Crippen LogP contribution is -2.16. The molecule has 11 heteroatoms. The molecule has 1 fully saturated rings. The summed E-state index contributed by atoms with van der Waals surface area (Å²) in [5, 5.41) is 24.0. The number of aryl methyl sites for hydroxylation is 1. The van der Waals surface area contributed by atoms with Crippen LogP contribution >= 0.6 is 0 Å². The van der Waals surface area contributed by atoms with Crippen molar-refractivity contribution in [3.8, 4) is 23.0 Å². The Kier molecular flexibility index (Phi) is 6.00. The molecule has 5 rings (SSSR count). The molecule has 1 aromatic carbocycles. The summed E-state index contributed by atoms with van der Waals surface area (Å²) in [4.78, 5) is 22.3. The van der Waals surface area contributed by atoms with Crippen molar-refractivity contribution in [2.24, 2.45) is 0 Å². The maximum Gasteiger partial charge on any atom is 0.260 e. The number of carbonyl (C=O) groups is 1. The molecule has 0 spiro atoms. The fourth-order valence-corrected chi connectivity index (χ4v) is 3.90. The van der Waals surface area contributed by atoms with E-state index in [-0.39, 0.29) is 18.6 Å². The summed E-state index contributed by atoms with van der Waals surface area (Å²) in [5.74, 6) is 1.37. The molecule has 1 atom stereocenters. The average molecular weight is 475 g/mol. The van der Waals surface area contributed by atoms with Crippen LogP contribution in [0.15, 0.2) is 42.9 Å². The lowest BCUT2D eigenvalue weighted by Gasteiger charge is -2.14. The van der Waals surface area contributed by atoms with E-state index in [1.54, 1.807) is 37.5 Å². The van der Waals surface area contributed by atoms with Gasteiger partial charge in [0.05, 0.1) is 43.0 Å². The smallest absolute Gasteiger partial charge is 0.260 e. The van der Waals surface area contributed by atoms with Crippen LogP contribution < -0.4 is 10.1 Å². The Morgan fingerprint density at radius 1 is 1.31 bits per heavy atom. The molecule has 1 saturated carbocycles. The van der Waals surface area contributed by atoms with Gasteiger partial charge in [-0.2, -0.15) is 0 Å². The second kappa shape index (κ2) is 9.26. The lowest BCUT2D eigenvalue weighted by atomic mass is 10.1. The number of aliphatic hydroxyl groups is 1. The zero-order valence-electron chi connectivity index (χ0n) is 19.7. The maximum absolute atomic E-state index is 13.3. The highest BCUT2D eigenvalue weighted by Crippen LogP contribution is 2.39. The Hall–Kier alpha value is -4.12. The van der Waals surface area contributed by atoms with Crippen molar-refractivity contribution < 1.29 is 14.6 Å². The van der Waals surface area contributed by atoms with Gasteiger partial charge in [0, 0.05) is 12.1 Å². The van der Waals surface area contributed by atoms with E-state index in [9.17, 15) is 9.90 Å². The number of benzene rings is 1. The highest BCUT2D eigenvalue weighted by molar-refractivity contribution is 6.06. The summed E-state index contributed by atoms with van der Waals surface area (Å²) in [7, 11) is 1.54. The number of rotatable bonds is 8. The van der Waals surface area contributed by atoms with Crippen molar-refractivity contribution in [1.29, 1.82) is 0 Å². The lowest BCUT2D eigenvalue weighted by molar-refractivity contribution is 0.102. The van der Waals surface area contributed by atoms with Gasteiger partial charge < -0.3 is 19.7 Å². The fourth-order valence-electron chi connectivity index (χ4n) is 3.90. The van der Waals surface area contributed by atoms with Gasteiger partial charge in [-0.3, -0.25) is 4.79 Å². The van der Waals surface area contributed by atoms with Crippen LogP contribution in [0.3, 0.4) is 0 Å². The molecule has 4 aromatic rings. The number of pyridine rings is 1. The predicted molar refractivity (Wildman–Crippen MR) is 128 cm³/mol. The van der Waals surface area contributed by atoms with Crippen molar-refractivity contribution >= 4 is 11.7 Å². The topological polar surface area (TPSA) is 133 Å². The Labute approximate surface area is 201 Å². The summed E-state index contributed by atoms with van der Waals surface area (Å²) < 4.78 is 8.94. The monoisotopic (exact) mass is 474 g/mol. The van der Waals surface area contributed by atoms with Crippen LogP contribution in [0, 0.1) is 6.92 Å². The van der Waals surface area contributed by atoms with E-state index in [0.29, 0.717) is 34.6 Å². The number of amides is 1. The van der Waals surface area contributed by atoms with Gasteiger partial charge in [-0.15, -0.1) is 5.10 Å². The quantitative estimate of drug-likeness (QED) is 0.398. The molecule has 2 N–H and O–H groups in total. The Morgan fingerprint density at radius 2 is 2.14 bits per heavy atom. The molecule has 180 valence electrons. The maximum atomic E-state index is 13.3. The highest BCUT2D eigenvalue weighted by atomic mass is 16.5. The van der Waals surface area contributed by atoms with Gasteiger partial charge in [0.15, 0.2) is 0 Å². The average Bonchev–Trinajstić information content (AvgIpc) is 3.39. The molecule has 3 aromatic heterocycles. The van der Waals surface area contributed by atoms with Crippen molar-refractivity contribution in [2.75, 3.05) is 19.0 Å². The number of nitrogens with one attached hydrogen (secondary N) is 1. The number of methoxy groups -OCH3 is 1. The number of hydrogen-bond acceptors (Lipinski definition) is 8. The molecule has 35 heavy (non-hydrogen) atoms. The van der Waals surface area contributed by atoms with Gasteiger partial charge in [-0.25, -0.2) is 14.6 Å². The van der Waals surface area contributed by atoms with Crippen LogP contribution in [0.4, 0.5) is 5.82 Å². The van der Waals surface area contributed by atoms with Gasteiger partial charge >= 0.3 is 0 Å². The first-order valence-corrected chi connectivity index (χ1v) is 11.4. The Bertz CT molecular complexity index is 1370. The third-order valence-electron chi connectivity index (χ3n) is 6.03. The van der Waals surface area contributed by atoms with Crippen LogP contribution in [0.5, 0.6) is 5.75 Å². The summed E-state index contributed by atoms with van der Waals surface area (Å²) in [6.07, 6.45) is 6.15. The minimum atomic E-state index is -0.362. The van der Waals surface area contributed by atoms with E-state index < -0.39 is 0 Å². The molecule has 1 aliphatic carbocycles. The second-order valence-corrected chi connectivity index (χ2v) is 8.66. The normalized spacial score (nSPS) is 14.1. The molecule has 1 amide bonds. The van der Waals surface area contributed by atoms with E-state index in [1.165, 1.54) is 24.6 Å². The molecule has 1 unspecified atom stereocenters. The van der Waals surface area contributed by atoms with Crippen LogP contribution in [0.1, 0.15) is 53.3 Å². The molecular formula is C24H26N8O3. The van der Waals surface area contributed by atoms with Crippen molar-refractivity contribution in [1.82, 2.24) is 34.7 Å². The van der Waals surface area contributed by atoms with Crippen molar-refractivity contribution in [3.05, 3.63) is 59.7 Å². The number of aliphatic hydroxyl groups excluding tert-OH is 1. The standard InChI is InChI=1S/C24H26N8O3/c1-14-9-21(35-3)17(10-20(14)31-11-19(25-13-31)16-7-8-16)24(34)27-22-6-4-5-18(26-22)23-28-29-30-32(23)15(2)12-33/h4-6,9-11,13,15-16,33H,7-8,12H2,1-3H3,(H,26,27,34). The van der Waals surface area contributed by atoms with E-state index in [2.05, 4.69) is 30.8 Å². The van der Waals surface area contributed by atoms with Crippen LogP contribution in [0.25, 0.3) is 17.2 Å². The summed E-state index contributed by atoms with van der Waals surface area (Å²) in [6.45, 7) is 3.64. The SMILES string of the molecule is COc1cc(C)c(-n2cnc(C3CC3)c2)cc1C(=O)Nc1cccc(-c2nnnn2C(C)CO)n1. The van der Waals surface area contributed by atoms with E-state index >= 15 is 0 Å². The second-order valence-electron chi connectivity index (χ2n) is 8.66. The Morgan fingerprint density at radius 3 is 2.89 bits per heavy atom. The largest absolute Gasteiger partial charge is 0.496 e. The molecular weight excluding hydrogens is 448 g/mol. The van der Waals surface area contributed by atoms with Gasteiger partial charge in [-0.1, -0.05) is 6.07 Å². The molecule has 1 aliphatic rings. The minimum Gasteiger partial charge on any atom is -0.496 e. The number of ether oxygens (including phenoxy) is 1. The molecule has 0 aliphatic heterocycles. The summed E-state index contributed by atoms with van der Waals surface area (Å²) in [6, 6.07) is 8.50. The number of aromatic nitrogens is 7. The zero-order chi connectivity index (χ0) is 24.5. The number of anilines is 1. The fraction of sp³-hybridized carbons (Fsp3) is 0.333. The van der Waals surface area contributed by atoms with Crippen molar-refractivity contribution in [2.45, 2.75) is 38.6 Å². The van der Waals surface area contributed by atoms with Crippen LogP contribution in [0.2, 0.25) is 0 Å². The highest BCUT2D eigenvalue weighted by Gasteiger charge is 2.26. The minimum absolute atomic E-state index is 0.122. The van der Waals surface area contributed by atoms with Crippen LogP contribution in [-0.2, 0) is 0 Å². The van der Waals surface area contributed by atoms with Gasteiger partial charge in [0.1, 0.15) is 17.3 Å².